The minimum atomic E-state index is -0.290. The molecule has 1 aliphatic rings. The van der Waals surface area contributed by atoms with E-state index in [9.17, 15) is 9.59 Å². The van der Waals surface area contributed by atoms with Crippen molar-refractivity contribution in [3.63, 3.8) is 0 Å². The first-order valence-electron chi connectivity index (χ1n) is 6.02. The Morgan fingerprint density at radius 1 is 1.53 bits per heavy atom. The molecule has 2 N–H and O–H groups in total. The number of rotatable bonds is 4. The number of ether oxygens (including phenoxy) is 2. The second kappa shape index (κ2) is 5.60. The minimum Gasteiger partial charge on any atom is -0.481 e. The number of nitrogens with zero attached hydrogens (tertiary/aromatic N) is 1. The molecule has 1 aromatic carbocycles. The van der Waals surface area contributed by atoms with E-state index in [1.807, 2.05) is 0 Å². The number of fused-ring (bicyclic) bond motifs is 1. The van der Waals surface area contributed by atoms with Gasteiger partial charge in [-0.25, -0.2) is 0 Å². The lowest BCUT2D eigenvalue weighted by atomic mass is 10.2. The van der Waals surface area contributed by atoms with Crippen molar-refractivity contribution in [2.45, 2.75) is 12.8 Å². The first-order chi connectivity index (χ1) is 9.13. The third-order valence-electron chi connectivity index (χ3n) is 2.94. The zero-order valence-electron chi connectivity index (χ0n) is 10.7. The second-order valence-corrected chi connectivity index (χ2v) is 4.21. The van der Waals surface area contributed by atoms with E-state index in [1.165, 1.54) is 7.11 Å². The van der Waals surface area contributed by atoms with Gasteiger partial charge in [-0.3, -0.25) is 9.59 Å². The molecule has 0 fully saturated rings. The highest BCUT2D eigenvalue weighted by atomic mass is 16.5. The summed E-state index contributed by atoms with van der Waals surface area (Å²) in [5.74, 6) is 0.148. The molecule has 1 amide bonds. The minimum absolute atomic E-state index is 0.00528. The Bertz CT molecular complexity index is 501. The van der Waals surface area contributed by atoms with Gasteiger partial charge in [-0.2, -0.15) is 0 Å². The van der Waals surface area contributed by atoms with Crippen molar-refractivity contribution >= 4 is 23.3 Å². The fourth-order valence-corrected chi connectivity index (χ4v) is 2.01. The van der Waals surface area contributed by atoms with E-state index in [0.717, 1.165) is 0 Å². The van der Waals surface area contributed by atoms with Gasteiger partial charge in [0.15, 0.2) is 6.61 Å². The van der Waals surface area contributed by atoms with Gasteiger partial charge in [0.05, 0.1) is 12.8 Å². The maximum Gasteiger partial charge on any atom is 0.305 e. The second-order valence-electron chi connectivity index (χ2n) is 4.21. The predicted octanol–water partition coefficient (Wildman–Crippen LogP) is 0.947. The number of esters is 1. The Balaban J connectivity index is 2.12. The number of hydrogen-bond acceptors (Lipinski definition) is 5. The van der Waals surface area contributed by atoms with Crippen molar-refractivity contribution in [3.05, 3.63) is 18.2 Å². The smallest absolute Gasteiger partial charge is 0.305 e. The van der Waals surface area contributed by atoms with Crippen LogP contribution in [-0.2, 0) is 14.3 Å². The van der Waals surface area contributed by atoms with Gasteiger partial charge in [-0.1, -0.05) is 6.07 Å². The lowest BCUT2D eigenvalue weighted by molar-refractivity contribution is -0.140. The van der Waals surface area contributed by atoms with Gasteiger partial charge in [0.1, 0.15) is 11.4 Å². The quantitative estimate of drug-likeness (QED) is 0.646. The number of anilines is 2. The summed E-state index contributed by atoms with van der Waals surface area (Å²) in [6.07, 6.45) is 0.787. The zero-order chi connectivity index (χ0) is 13.8. The summed E-state index contributed by atoms with van der Waals surface area (Å²) in [5.41, 5.74) is 6.96. The van der Waals surface area contributed by atoms with Crippen molar-refractivity contribution < 1.29 is 19.1 Å². The number of nitrogen functional groups attached to an aromatic ring is 1. The highest BCUT2D eigenvalue weighted by Gasteiger charge is 2.27. The number of carbonyl (C=O) groups excluding carboxylic acids is 2. The van der Waals surface area contributed by atoms with Gasteiger partial charge >= 0.3 is 5.97 Å². The van der Waals surface area contributed by atoms with Crippen LogP contribution >= 0.6 is 0 Å². The third-order valence-corrected chi connectivity index (χ3v) is 2.94. The summed E-state index contributed by atoms with van der Waals surface area (Å²) in [6.45, 7) is 0.410. The SMILES string of the molecule is COC(=O)CCCN1C(=O)COc2cccc(N)c21. The number of amides is 1. The van der Waals surface area contributed by atoms with E-state index < -0.39 is 0 Å². The lowest BCUT2D eigenvalue weighted by Crippen LogP contribution is -2.40. The molecule has 19 heavy (non-hydrogen) atoms. The molecule has 0 radical (unpaired) electrons. The molecule has 6 nitrogen and oxygen atoms in total. The van der Waals surface area contributed by atoms with Crippen LogP contribution in [0.4, 0.5) is 11.4 Å². The van der Waals surface area contributed by atoms with E-state index in [1.54, 1.807) is 23.1 Å². The summed E-state index contributed by atoms with van der Waals surface area (Å²) in [4.78, 5) is 24.5. The molecule has 0 bridgehead atoms. The molecular formula is C13H16N2O4. The number of methoxy groups -OCH3 is 1. The van der Waals surface area contributed by atoms with Crippen molar-refractivity contribution in [2.75, 3.05) is 30.9 Å². The predicted molar refractivity (Wildman–Crippen MR) is 70.0 cm³/mol. The molecule has 1 aromatic rings. The average molecular weight is 264 g/mol. The van der Waals surface area contributed by atoms with Gasteiger partial charge in [-0.05, 0) is 18.6 Å². The summed E-state index contributed by atoms with van der Waals surface area (Å²) in [6, 6.07) is 5.26. The topological polar surface area (TPSA) is 81.9 Å². The molecule has 0 saturated carbocycles. The number of para-hydroxylation sites is 1. The van der Waals surface area contributed by atoms with Crippen LogP contribution in [-0.4, -0.2) is 32.1 Å². The van der Waals surface area contributed by atoms with Gasteiger partial charge < -0.3 is 20.1 Å². The average Bonchev–Trinajstić information content (AvgIpc) is 2.41. The summed E-state index contributed by atoms with van der Waals surface area (Å²) >= 11 is 0. The van der Waals surface area contributed by atoms with E-state index in [0.29, 0.717) is 30.1 Å². The van der Waals surface area contributed by atoms with Crippen LogP contribution in [0.3, 0.4) is 0 Å². The first kappa shape index (κ1) is 13.2. The van der Waals surface area contributed by atoms with Gasteiger partial charge in [-0.15, -0.1) is 0 Å². The van der Waals surface area contributed by atoms with Gasteiger partial charge in [0.2, 0.25) is 0 Å². The zero-order valence-corrected chi connectivity index (χ0v) is 10.7. The van der Waals surface area contributed by atoms with Crippen LogP contribution in [0.15, 0.2) is 18.2 Å². The lowest BCUT2D eigenvalue weighted by Gasteiger charge is -2.30. The van der Waals surface area contributed by atoms with Crippen LogP contribution in [0.1, 0.15) is 12.8 Å². The standard InChI is InChI=1S/C13H16N2O4/c1-18-12(17)6-3-7-15-11(16)8-19-10-5-2-4-9(14)13(10)15/h2,4-5H,3,6-8,14H2,1H3. The molecule has 0 unspecified atom stereocenters. The number of benzene rings is 1. The van der Waals surface area contributed by atoms with Crippen LogP contribution in [0.2, 0.25) is 0 Å². The third kappa shape index (κ3) is 2.78. The monoisotopic (exact) mass is 264 g/mol. The molecule has 0 spiro atoms. The normalized spacial score (nSPS) is 13.7. The molecule has 6 heteroatoms. The van der Waals surface area contributed by atoms with Crippen LogP contribution < -0.4 is 15.4 Å². The Labute approximate surface area is 111 Å². The number of hydrogen-bond donors (Lipinski definition) is 1. The summed E-state index contributed by atoms with van der Waals surface area (Å²) < 4.78 is 9.90. The number of nitrogens with two attached hydrogens (primary N) is 1. The molecule has 1 aliphatic heterocycles. The van der Waals surface area contributed by atoms with Gasteiger partial charge in [0.25, 0.3) is 5.91 Å². The Hall–Kier alpha value is -2.24. The molecule has 2 rings (SSSR count). The molecule has 0 aromatic heterocycles. The maximum absolute atomic E-state index is 11.9. The van der Waals surface area contributed by atoms with Crippen molar-refractivity contribution in [1.82, 2.24) is 0 Å². The molecule has 102 valence electrons. The van der Waals surface area contributed by atoms with E-state index in [-0.39, 0.29) is 24.9 Å². The Morgan fingerprint density at radius 2 is 2.32 bits per heavy atom. The fourth-order valence-electron chi connectivity index (χ4n) is 2.01. The van der Waals surface area contributed by atoms with E-state index in [2.05, 4.69) is 4.74 Å². The first-order valence-corrected chi connectivity index (χ1v) is 6.02. The molecule has 0 aliphatic carbocycles. The van der Waals surface area contributed by atoms with Crippen LogP contribution in [0.5, 0.6) is 5.75 Å². The Kier molecular flexibility index (Phi) is 3.89. The molecule has 1 heterocycles. The van der Waals surface area contributed by atoms with E-state index >= 15 is 0 Å². The maximum atomic E-state index is 11.9. The summed E-state index contributed by atoms with van der Waals surface area (Å²) in [7, 11) is 1.34. The van der Waals surface area contributed by atoms with Crippen molar-refractivity contribution in [3.8, 4) is 5.75 Å². The van der Waals surface area contributed by atoms with Gasteiger partial charge in [0, 0.05) is 13.0 Å². The van der Waals surface area contributed by atoms with Crippen molar-refractivity contribution in [2.24, 2.45) is 0 Å². The Morgan fingerprint density at radius 3 is 3.05 bits per heavy atom. The molecule has 0 saturated heterocycles. The molecular weight excluding hydrogens is 248 g/mol. The highest BCUT2D eigenvalue weighted by Crippen LogP contribution is 2.37. The van der Waals surface area contributed by atoms with Crippen LogP contribution in [0.25, 0.3) is 0 Å². The van der Waals surface area contributed by atoms with Crippen LogP contribution in [0, 0.1) is 0 Å². The number of carbonyl (C=O) groups is 2. The van der Waals surface area contributed by atoms with Crippen molar-refractivity contribution in [1.29, 1.82) is 0 Å². The molecule has 0 atom stereocenters. The fraction of sp³-hybridized carbons (Fsp3) is 0.385. The largest absolute Gasteiger partial charge is 0.481 e. The highest BCUT2D eigenvalue weighted by molar-refractivity contribution is 6.01. The van der Waals surface area contributed by atoms with E-state index in [4.69, 9.17) is 10.5 Å². The summed E-state index contributed by atoms with van der Waals surface area (Å²) in [5, 5.41) is 0.